The monoisotopic (exact) mass is 288 g/mol. The highest BCUT2D eigenvalue weighted by molar-refractivity contribution is 9.13. The molecule has 0 aromatic carbocycles. The average Bonchev–Trinajstić information content (AvgIpc) is 2.77. The van der Waals surface area contributed by atoms with E-state index in [1.807, 2.05) is 6.07 Å². The van der Waals surface area contributed by atoms with Crippen LogP contribution in [0.3, 0.4) is 0 Å². The number of halogens is 2. The highest BCUT2D eigenvalue weighted by atomic mass is 79.9. The van der Waals surface area contributed by atoms with Gasteiger partial charge < -0.3 is 4.42 Å². The van der Waals surface area contributed by atoms with Crippen LogP contribution in [0.25, 0.3) is 0 Å². The van der Waals surface area contributed by atoms with Gasteiger partial charge in [-0.05, 0) is 50.8 Å². The average molecular weight is 290 g/mol. The Balaban J connectivity index is 2.43. The summed E-state index contributed by atoms with van der Waals surface area (Å²) >= 11 is 6.64. The smallest absolute Gasteiger partial charge is 0.183 e. The molecule has 0 N–H and O–H groups in total. The molecule has 0 radical (unpaired) electrons. The van der Waals surface area contributed by atoms with Crippen molar-refractivity contribution in [3.63, 3.8) is 0 Å². The maximum absolute atomic E-state index is 5.46. The third kappa shape index (κ3) is 1.14. The third-order valence-corrected chi connectivity index (χ3v) is 3.85. The molecule has 3 heteroatoms. The van der Waals surface area contributed by atoms with Gasteiger partial charge in [-0.15, -0.1) is 6.42 Å². The molecular weight excluding hydrogens is 284 g/mol. The van der Waals surface area contributed by atoms with E-state index in [4.69, 9.17) is 10.8 Å². The van der Waals surface area contributed by atoms with Gasteiger partial charge in [-0.25, -0.2) is 0 Å². The van der Waals surface area contributed by atoms with Gasteiger partial charge in [-0.1, -0.05) is 5.92 Å². The van der Waals surface area contributed by atoms with Crippen LogP contribution >= 0.6 is 31.9 Å². The molecule has 1 aliphatic carbocycles. The molecule has 12 heavy (non-hydrogen) atoms. The Morgan fingerprint density at radius 3 is 2.50 bits per heavy atom. The van der Waals surface area contributed by atoms with Crippen molar-refractivity contribution >= 4 is 31.9 Å². The van der Waals surface area contributed by atoms with Crippen LogP contribution in [0.1, 0.15) is 18.6 Å². The molecule has 1 aromatic heterocycles. The molecule has 1 heterocycles. The van der Waals surface area contributed by atoms with Gasteiger partial charge in [0, 0.05) is 0 Å². The minimum absolute atomic E-state index is 0.103. The molecule has 1 fully saturated rings. The zero-order valence-electron chi connectivity index (χ0n) is 6.23. The Kier molecular flexibility index (Phi) is 1.85. The van der Waals surface area contributed by atoms with Gasteiger partial charge >= 0.3 is 0 Å². The summed E-state index contributed by atoms with van der Waals surface area (Å²) in [7, 11) is 0. The van der Waals surface area contributed by atoms with Crippen molar-refractivity contribution in [1.82, 2.24) is 0 Å². The third-order valence-electron chi connectivity index (χ3n) is 2.14. The predicted molar refractivity (Wildman–Crippen MR) is 53.9 cm³/mol. The second-order valence-electron chi connectivity index (χ2n) is 2.96. The fourth-order valence-corrected chi connectivity index (χ4v) is 1.75. The van der Waals surface area contributed by atoms with Crippen LogP contribution < -0.4 is 0 Å². The lowest BCUT2D eigenvalue weighted by Gasteiger charge is -2.00. The fourth-order valence-electron chi connectivity index (χ4n) is 1.17. The van der Waals surface area contributed by atoms with Crippen LogP contribution in [-0.4, -0.2) is 0 Å². The number of rotatable bonds is 1. The van der Waals surface area contributed by atoms with Gasteiger partial charge in [-0.2, -0.15) is 0 Å². The van der Waals surface area contributed by atoms with Gasteiger partial charge in [0.1, 0.15) is 5.76 Å². The molecule has 0 aliphatic heterocycles. The van der Waals surface area contributed by atoms with E-state index in [2.05, 4.69) is 37.8 Å². The van der Waals surface area contributed by atoms with E-state index >= 15 is 0 Å². The van der Waals surface area contributed by atoms with Crippen LogP contribution in [0.2, 0.25) is 0 Å². The van der Waals surface area contributed by atoms with E-state index in [1.165, 1.54) is 0 Å². The summed E-state index contributed by atoms with van der Waals surface area (Å²) < 4.78 is 7.11. The Hall–Kier alpha value is -0.200. The Labute approximate surface area is 87.8 Å². The summed E-state index contributed by atoms with van der Waals surface area (Å²) in [6.07, 6.45) is 7.49. The molecule has 1 aliphatic rings. The maximum Gasteiger partial charge on any atom is 0.183 e. The van der Waals surface area contributed by atoms with Crippen molar-refractivity contribution < 1.29 is 4.42 Å². The Bertz CT molecular complexity index is 336. The van der Waals surface area contributed by atoms with Gasteiger partial charge in [0.2, 0.25) is 0 Å². The van der Waals surface area contributed by atoms with Gasteiger partial charge in [0.15, 0.2) is 4.67 Å². The molecule has 0 bridgehead atoms. The van der Waals surface area contributed by atoms with E-state index in [1.54, 1.807) is 0 Å². The summed E-state index contributed by atoms with van der Waals surface area (Å²) in [6.45, 7) is 0. The second kappa shape index (κ2) is 2.65. The summed E-state index contributed by atoms with van der Waals surface area (Å²) in [6, 6.07) is 1.94. The van der Waals surface area contributed by atoms with Crippen LogP contribution in [0.4, 0.5) is 0 Å². The zero-order chi connectivity index (χ0) is 8.77. The second-order valence-corrected chi connectivity index (χ2v) is 4.53. The molecule has 0 spiro atoms. The predicted octanol–water partition coefficient (Wildman–Crippen LogP) is 3.47. The first-order valence-corrected chi connectivity index (χ1v) is 5.20. The number of terminal acetylenes is 1. The molecule has 1 aromatic rings. The summed E-state index contributed by atoms with van der Waals surface area (Å²) in [5, 5.41) is 0. The molecular formula is C9H6Br2O. The molecule has 0 saturated heterocycles. The normalized spacial score (nSPS) is 18.8. The van der Waals surface area contributed by atoms with E-state index in [-0.39, 0.29) is 5.41 Å². The summed E-state index contributed by atoms with van der Waals surface area (Å²) in [4.78, 5) is 0. The highest BCUT2D eigenvalue weighted by Gasteiger charge is 2.46. The summed E-state index contributed by atoms with van der Waals surface area (Å²) in [5.74, 6) is 3.67. The Morgan fingerprint density at radius 1 is 1.50 bits per heavy atom. The lowest BCUT2D eigenvalue weighted by molar-refractivity contribution is 0.468. The molecule has 0 unspecified atom stereocenters. The van der Waals surface area contributed by atoms with Crippen LogP contribution in [0, 0.1) is 12.3 Å². The van der Waals surface area contributed by atoms with Crippen molar-refractivity contribution in [2.75, 3.05) is 0 Å². The molecule has 0 amide bonds. The van der Waals surface area contributed by atoms with Gasteiger partial charge in [-0.3, -0.25) is 0 Å². The van der Waals surface area contributed by atoms with Gasteiger partial charge in [0.05, 0.1) is 9.89 Å². The number of hydrogen-bond acceptors (Lipinski definition) is 1. The molecule has 62 valence electrons. The van der Waals surface area contributed by atoms with Crippen molar-refractivity contribution in [2.24, 2.45) is 0 Å². The topological polar surface area (TPSA) is 13.1 Å². The fraction of sp³-hybridized carbons (Fsp3) is 0.333. The first-order valence-electron chi connectivity index (χ1n) is 3.61. The van der Waals surface area contributed by atoms with Crippen molar-refractivity contribution in [1.29, 1.82) is 0 Å². The minimum Gasteiger partial charge on any atom is -0.452 e. The van der Waals surface area contributed by atoms with E-state index in [0.717, 1.165) is 27.7 Å². The molecule has 1 saturated carbocycles. The number of hydrogen-bond donors (Lipinski definition) is 0. The first-order chi connectivity index (χ1) is 5.68. The van der Waals surface area contributed by atoms with Crippen molar-refractivity contribution in [3.8, 4) is 12.3 Å². The van der Waals surface area contributed by atoms with Crippen molar-refractivity contribution in [2.45, 2.75) is 18.3 Å². The van der Waals surface area contributed by atoms with Crippen LogP contribution in [-0.2, 0) is 5.41 Å². The lowest BCUT2D eigenvalue weighted by atomic mass is 10.1. The lowest BCUT2D eigenvalue weighted by Crippen LogP contribution is -1.99. The highest BCUT2D eigenvalue weighted by Crippen LogP contribution is 2.49. The maximum atomic E-state index is 5.46. The summed E-state index contributed by atoms with van der Waals surface area (Å²) in [5.41, 5.74) is -0.103. The van der Waals surface area contributed by atoms with E-state index in [9.17, 15) is 0 Å². The SMILES string of the molecule is C#CC1(c2cc(Br)c(Br)o2)CC1. The van der Waals surface area contributed by atoms with Gasteiger partial charge in [0.25, 0.3) is 0 Å². The minimum atomic E-state index is -0.103. The zero-order valence-corrected chi connectivity index (χ0v) is 9.41. The quantitative estimate of drug-likeness (QED) is 0.722. The number of furan rings is 1. The molecule has 0 atom stereocenters. The van der Waals surface area contributed by atoms with E-state index in [0.29, 0.717) is 0 Å². The molecule has 2 rings (SSSR count). The van der Waals surface area contributed by atoms with Crippen LogP contribution in [0.5, 0.6) is 0 Å². The van der Waals surface area contributed by atoms with E-state index < -0.39 is 0 Å². The Morgan fingerprint density at radius 2 is 2.17 bits per heavy atom. The van der Waals surface area contributed by atoms with Crippen molar-refractivity contribution in [3.05, 3.63) is 21.0 Å². The standard InChI is InChI=1S/C9H6Br2O/c1-2-9(3-4-9)7-5-6(10)8(11)12-7/h1,5H,3-4H2. The van der Waals surface area contributed by atoms with Crippen LogP contribution in [0.15, 0.2) is 19.6 Å². The largest absolute Gasteiger partial charge is 0.452 e. The first kappa shape index (κ1) is 8.40. The molecule has 1 nitrogen and oxygen atoms in total.